The summed E-state index contributed by atoms with van der Waals surface area (Å²) < 4.78 is 0. The highest BCUT2D eigenvalue weighted by molar-refractivity contribution is 5.78. The fraction of sp³-hybridized carbons (Fsp3) is 0.929. The minimum absolute atomic E-state index is 0.214. The number of amides is 1. The minimum Gasteiger partial charge on any atom is -0.352 e. The van der Waals surface area contributed by atoms with Gasteiger partial charge in [0, 0.05) is 18.6 Å². The maximum absolute atomic E-state index is 12.0. The standard InChI is InChI=1S/C14H27N3O/c15-9-4-10-17(13-7-3-8-13)11-14(18)16-12-5-1-2-6-12/h12-13H,1-11,15H2,(H,16,18). The normalized spacial score (nSPS) is 21.2. The molecule has 0 bridgehead atoms. The molecule has 1 amide bonds. The van der Waals surface area contributed by atoms with E-state index in [1.807, 2.05) is 0 Å². The highest BCUT2D eigenvalue weighted by atomic mass is 16.2. The molecule has 0 saturated heterocycles. The summed E-state index contributed by atoms with van der Waals surface area (Å²) in [4.78, 5) is 14.4. The molecule has 4 heteroatoms. The van der Waals surface area contributed by atoms with Crippen LogP contribution in [0.4, 0.5) is 0 Å². The van der Waals surface area contributed by atoms with E-state index in [1.54, 1.807) is 0 Å². The Bertz CT molecular complexity index is 260. The molecule has 3 N–H and O–H groups in total. The van der Waals surface area contributed by atoms with E-state index in [-0.39, 0.29) is 5.91 Å². The zero-order valence-electron chi connectivity index (χ0n) is 11.4. The predicted molar refractivity (Wildman–Crippen MR) is 73.3 cm³/mol. The highest BCUT2D eigenvalue weighted by Crippen LogP contribution is 2.24. The van der Waals surface area contributed by atoms with Gasteiger partial charge in [-0.05, 0) is 38.6 Å². The predicted octanol–water partition coefficient (Wildman–Crippen LogP) is 1.25. The smallest absolute Gasteiger partial charge is 0.234 e. The van der Waals surface area contributed by atoms with Crippen molar-refractivity contribution >= 4 is 5.91 Å². The van der Waals surface area contributed by atoms with E-state index in [4.69, 9.17) is 5.73 Å². The summed E-state index contributed by atoms with van der Waals surface area (Å²) in [5, 5.41) is 3.18. The summed E-state index contributed by atoms with van der Waals surface area (Å²) in [6, 6.07) is 1.07. The molecule has 2 saturated carbocycles. The van der Waals surface area contributed by atoms with Crippen molar-refractivity contribution in [2.24, 2.45) is 5.73 Å². The lowest BCUT2D eigenvalue weighted by atomic mass is 9.91. The van der Waals surface area contributed by atoms with Crippen molar-refractivity contribution in [3.05, 3.63) is 0 Å². The largest absolute Gasteiger partial charge is 0.352 e. The molecule has 0 atom stereocenters. The van der Waals surface area contributed by atoms with Gasteiger partial charge in [-0.25, -0.2) is 0 Å². The van der Waals surface area contributed by atoms with Crippen LogP contribution in [0.3, 0.4) is 0 Å². The van der Waals surface area contributed by atoms with Gasteiger partial charge in [0.15, 0.2) is 0 Å². The Morgan fingerprint density at radius 3 is 2.44 bits per heavy atom. The van der Waals surface area contributed by atoms with Gasteiger partial charge < -0.3 is 11.1 Å². The topological polar surface area (TPSA) is 58.4 Å². The first-order valence-electron chi connectivity index (χ1n) is 7.53. The fourth-order valence-electron chi connectivity index (χ4n) is 2.96. The monoisotopic (exact) mass is 253 g/mol. The minimum atomic E-state index is 0.214. The van der Waals surface area contributed by atoms with E-state index in [0.717, 1.165) is 25.8 Å². The third-order valence-corrected chi connectivity index (χ3v) is 4.31. The van der Waals surface area contributed by atoms with Crippen LogP contribution < -0.4 is 11.1 Å². The van der Waals surface area contributed by atoms with E-state index in [2.05, 4.69) is 10.2 Å². The molecule has 0 aliphatic heterocycles. The second kappa shape index (κ2) is 7.10. The first-order chi connectivity index (χ1) is 8.79. The van der Waals surface area contributed by atoms with Gasteiger partial charge in [-0.1, -0.05) is 19.3 Å². The summed E-state index contributed by atoms with van der Waals surface area (Å²) in [6.07, 6.45) is 9.68. The summed E-state index contributed by atoms with van der Waals surface area (Å²) in [6.45, 7) is 2.26. The van der Waals surface area contributed by atoms with Crippen LogP contribution in [0.5, 0.6) is 0 Å². The van der Waals surface area contributed by atoms with Crippen molar-refractivity contribution < 1.29 is 4.79 Å². The van der Waals surface area contributed by atoms with Crippen LogP contribution in [0, 0.1) is 0 Å². The third-order valence-electron chi connectivity index (χ3n) is 4.31. The Balaban J connectivity index is 1.73. The van der Waals surface area contributed by atoms with Crippen molar-refractivity contribution in [3.8, 4) is 0 Å². The Morgan fingerprint density at radius 1 is 1.17 bits per heavy atom. The second-order valence-electron chi connectivity index (χ2n) is 5.75. The average Bonchev–Trinajstić information content (AvgIpc) is 2.76. The van der Waals surface area contributed by atoms with Crippen LogP contribution in [0.2, 0.25) is 0 Å². The Hall–Kier alpha value is -0.610. The van der Waals surface area contributed by atoms with Gasteiger partial charge >= 0.3 is 0 Å². The lowest BCUT2D eigenvalue weighted by Gasteiger charge is -2.37. The van der Waals surface area contributed by atoms with E-state index in [9.17, 15) is 4.79 Å². The zero-order chi connectivity index (χ0) is 12.8. The summed E-state index contributed by atoms with van der Waals surface area (Å²) in [5.41, 5.74) is 5.57. The molecule has 2 aliphatic rings. The molecule has 0 heterocycles. The van der Waals surface area contributed by atoms with Crippen LogP contribution in [0.1, 0.15) is 51.4 Å². The van der Waals surface area contributed by atoms with E-state index < -0.39 is 0 Å². The van der Waals surface area contributed by atoms with Gasteiger partial charge in [0.1, 0.15) is 0 Å². The summed E-state index contributed by atoms with van der Waals surface area (Å²) in [5.74, 6) is 0.214. The molecule has 0 unspecified atom stereocenters. The molecule has 104 valence electrons. The molecular formula is C14H27N3O. The van der Waals surface area contributed by atoms with Crippen LogP contribution in [0.25, 0.3) is 0 Å². The number of carbonyl (C=O) groups is 1. The van der Waals surface area contributed by atoms with Crippen molar-refractivity contribution in [1.29, 1.82) is 0 Å². The zero-order valence-corrected chi connectivity index (χ0v) is 11.4. The maximum atomic E-state index is 12.0. The van der Waals surface area contributed by atoms with Crippen molar-refractivity contribution in [3.63, 3.8) is 0 Å². The molecule has 0 aromatic carbocycles. The van der Waals surface area contributed by atoms with Crippen LogP contribution in [-0.2, 0) is 4.79 Å². The summed E-state index contributed by atoms with van der Waals surface area (Å²) >= 11 is 0. The van der Waals surface area contributed by atoms with Gasteiger partial charge in [0.05, 0.1) is 6.54 Å². The van der Waals surface area contributed by atoms with Gasteiger partial charge in [0.2, 0.25) is 5.91 Å². The number of nitrogens with zero attached hydrogens (tertiary/aromatic N) is 1. The molecule has 0 aromatic heterocycles. The third kappa shape index (κ3) is 3.95. The maximum Gasteiger partial charge on any atom is 0.234 e. The number of hydrogen-bond donors (Lipinski definition) is 2. The SMILES string of the molecule is NCCCN(CC(=O)NC1CCCC1)C1CCC1. The molecule has 2 aliphatic carbocycles. The van der Waals surface area contributed by atoms with Gasteiger partial charge in [-0.3, -0.25) is 9.69 Å². The second-order valence-corrected chi connectivity index (χ2v) is 5.75. The highest BCUT2D eigenvalue weighted by Gasteiger charge is 2.26. The van der Waals surface area contributed by atoms with E-state index in [0.29, 0.717) is 25.2 Å². The van der Waals surface area contributed by atoms with Crippen LogP contribution in [0.15, 0.2) is 0 Å². The van der Waals surface area contributed by atoms with Crippen molar-refractivity contribution in [1.82, 2.24) is 10.2 Å². The first-order valence-corrected chi connectivity index (χ1v) is 7.53. The van der Waals surface area contributed by atoms with Crippen molar-refractivity contribution in [2.75, 3.05) is 19.6 Å². The molecule has 2 fully saturated rings. The van der Waals surface area contributed by atoms with Gasteiger partial charge in [-0.15, -0.1) is 0 Å². The lowest BCUT2D eigenvalue weighted by molar-refractivity contribution is -0.124. The van der Waals surface area contributed by atoms with Gasteiger partial charge in [0.25, 0.3) is 0 Å². The fourth-order valence-corrected chi connectivity index (χ4v) is 2.96. The molecular weight excluding hydrogens is 226 g/mol. The first kappa shape index (κ1) is 13.8. The van der Waals surface area contributed by atoms with Crippen molar-refractivity contribution in [2.45, 2.75) is 63.5 Å². The Labute approximate surface area is 110 Å². The number of rotatable bonds is 7. The Morgan fingerprint density at radius 2 is 1.89 bits per heavy atom. The average molecular weight is 253 g/mol. The number of nitrogens with one attached hydrogen (secondary N) is 1. The van der Waals surface area contributed by atoms with Crippen LogP contribution in [-0.4, -0.2) is 42.5 Å². The molecule has 2 rings (SSSR count). The molecule has 0 radical (unpaired) electrons. The molecule has 18 heavy (non-hydrogen) atoms. The van der Waals surface area contributed by atoms with Gasteiger partial charge in [-0.2, -0.15) is 0 Å². The molecule has 0 aromatic rings. The number of nitrogens with two attached hydrogens (primary N) is 1. The lowest BCUT2D eigenvalue weighted by Crippen LogP contribution is -2.48. The Kier molecular flexibility index (Phi) is 5.45. The quantitative estimate of drug-likeness (QED) is 0.718. The van der Waals surface area contributed by atoms with E-state index in [1.165, 1.54) is 32.1 Å². The molecule has 0 spiro atoms. The number of hydrogen-bond acceptors (Lipinski definition) is 3. The molecule has 4 nitrogen and oxygen atoms in total. The summed E-state index contributed by atoms with van der Waals surface area (Å²) in [7, 11) is 0. The number of carbonyl (C=O) groups excluding carboxylic acids is 1. The van der Waals surface area contributed by atoms with Crippen LogP contribution >= 0.6 is 0 Å². The van der Waals surface area contributed by atoms with E-state index >= 15 is 0 Å².